The lowest BCUT2D eigenvalue weighted by Gasteiger charge is -2.17. The summed E-state index contributed by atoms with van der Waals surface area (Å²) in [5, 5.41) is 12.2. The van der Waals surface area contributed by atoms with Gasteiger partial charge in [-0.15, -0.1) is 6.58 Å². The Kier molecular flexibility index (Phi) is 7.03. The third-order valence-corrected chi connectivity index (χ3v) is 5.04. The van der Waals surface area contributed by atoms with Gasteiger partial charge in [-0.05, 0) is 55.7 Å². The number of para-hydroxylation sites is 1. The van der Waals surface area contributed by atoms with Crippen LogP contribution in [0.4, 0.5) is 5.82 Å². The van der Waals surface area contributed by atoms with Gasteiger partial charge in [0.2, 0.25) is 5.91 Å². The van der Waals surface area contributed by atoms with Crippen molar-refractivity contribution in [2.75, 3.05) is 12.4 Å². The number of amidine groups is 1. The van der Waals surface area contributed by atoms with Crippen molar-refractivity contribution in [1.29, 1.82) is 5.41 Å². The van der Waals surface area contributed by atoms with Gasteiger partial charge in [0, 0.05) is 30.6 Å². The van der Waals surface area contributed by atoms with Gasteiger partial charge in [0.1, 0.15) is 23.0 Å². The number of allylic oxidation sites excluding steroid dienone is 1. The number of likely N-dealkylation sites (N-methyl/N-ethyl adjacent to an activating group) is 1. The van der Waals surface area contributed by atoms with Gasteiger partial charge in [-0.3, -0.25) is 10.2 Å². The maximum Gasteiger partial charge on any atom is 0.225 e. The molecule has 1 aromatic carbocycles. The van der Waals surface area contributed by atoms with Crippen molar-refractivity contribution in [3.63, 3.8) is 0 Å². The van der Waals surface area contributed by atoms with E-state index in [9.17, 15) is 4.79 Å². The predicted octanol–water partition coefficient (Wildman–Crippen LogP) is 5.34. The summed E-state index contributed by atoms with van der Waals surface area (Å²) in [7, 11) is 1.87. The molecule has 0 aliphatic carbocycles. The number of rotatable bonds is 4. The van der Waals surface area contributed by atoms with E-state index in [4.69, 9.17) is 9.83 Å². The van der Waals surface area contributed by atoms with Crippen LogP contribution in [0, 0.1) is 12.3 Å². The molecule has 3 aromatic rings. The molecule has 2 N–H and O–H groups in total. The first-order valence-corrected chi connectivity index (χ1v) is 10.2. The molecule has 31 heavy (non-hydrogen) atoms. The average Bonchev–Trinajstić information content (AvgIpc) is 3.08. The number of anilines is 1. The molecule has 0 bridgehead atoms. The number of fused-ring (bicyclic) bond motifs is 2. The highest BCUT2D eigenvalue weighted by Gasteiger charge is 2.16. The smallest absolute Gasteiger partial charge is 0.225 e. The number of nitrogens with one attached hydrogen (secondary N) is 2. The third-order valence-electron chi connectivity index (χ3n) is 5.04. The minimum absolute atomic E-state index is 0.00701. The van der Waals surface area contributed by atoms with E-state index >= 15 is 0 Å². The highest BCUT2D eigenvalue weighted by atomic mass is 16.3. The van der Waals surface area contributed by atoms with E-state index in [0.29, 0.717) is 31.0 Å². The van der Waals surface area contributed by atoms with Crippen molar-refractivity contribution in [1.82, 2.24) is 9.88 Å². The fraction of sp³-hybridized carbons (Fsp3) is 0.240. The van der Waals surface area contributed by atoms with Crippen LogP contribution in [-0.2, 0) is 17.8 Å². The molecule has 1 amide bonds. The van der Waals surface area contributed by atoms with Gasteiger partial charge in [-0.25, -0.2) is 4.98 Å². The van der Waals surface area contributed by atoms with Crippen molar-refractivity contribution in [2.24, 2.45) is 0 Å². The number of carbonyl (C=O) groups is 1. The number of amides is 1. The first-order chi connectivity index (χ1) is 14.9. The molecule has 0 radical (unpaired) electrons. The summed E-state index contributed by atoms with van der Waals surface area (Å²) in [6.07, 6.45) is 8.25. The highest BCUT2D eigenvalue weighted by Crippen LogP contribution is 2.26. The molecule has 4 rings (SSSR count). The monoisotopic (exact) mass is 416 g/mol. The molecular formula is C25H28N4O2. The van der Waals surface area contributed by atoms with E-state index in [1.807, 2.05) is 56.1 Å². The summed E-state index contributed by atoms with van der Waals surface area (Å²) in [5.74, 6) is 1.90. The molecule has 6 nitrogen and oxygen atoms in total. The summed E-state index contributed by atoms with van der Waals surface area (Å²) in [5.41, 5.74) is 3.92. The van der Waals surface area contributed by atoms with Crippen LogP contribution in [0.2, 0.25) is 0 Å². The van der Waals surface area contributed by atoms with Crippen LogP contribution < -0.4 is 5.32 Å². The lowest BCUT2D eigenvalue weighted by molar-refractivity contribution is -0.116. The fourth-order valence-corrected chi connectivity index (χ4v) is 3.34. The first-order valence-electron chi connectivity index (χ1n) is 10.2. The maximum atomic E-state index is 11.4. The zero-order valence-corrected chi connectivity index (χ0v) is 18.2. The van der Waals surface area contributed by atoms with E-state index in [2.05, 4.69) is 22.9 Å². The first kappa shape index (κ1) is 22.0. The second-order valence-electron chi connectivity index (χ2n) is 7.45. The summed E-state index contributed by atoms with van der Waals surface area (Å²) in [6, 6.07) is 9.98. The second kappa shape index (κ2) is 9.89. The Morgan fingerprint density at radius 2 is 2.10 bits per heavy atom. The van der Waals surface area contributed by atoms with Gasteiger partial charge in [0.25, 0.3) is 0 Å². The lowest BCUT2D eigenvalue weighted by atomic mass is 10.0. The topological polar surface area (TPSA) is 82.2 Å². The molecule has 3 heterocycles. The highest BCUT2D eigenvalue weighted by molar-refractivity contribution is 5.95. The van der Waals surface area contributed by atoms with E-state index < -0.39 is 0 Å². The Bertz CT molecular complexity index is 1140. The van der Waals surface area contributed by atoms with Gasteiger partial charge >= 0.3 is 0 Å². The van der Waals surface area contributed by atoms with Crippen LogP contribution in [0.15, 0.2) is 59.7 Å². The van der Waals surface area contributed by atoms with Gasteiger partial charge < -0.3 is 14.6 Å². The maximum absolute atomic E-state index is 11.4. The normalized spacial score (nSPS) is 12.7. The van der Waals surface area contributed by atoms with Crippen LogP contribution in [0.1, 0.15) is 35.8 Å². The van der Waals surface area contributed by atoms with Gasteiger partial charge in [0.05, 0.1) is 6.54 Å². The largest absolute Gasteiger partial charge is 0.459 e. The fourth-order valence-electron chi connectivity index (χ4n) is 3.34. The van der Waals surface area contributed by atoms with Crippen LogP contribution >= 0.6 is 0 Å². The Balaban J connectivity index is 0.000000858. The number of nitrogens with zero attached hydrogens (tertiary/aromatic N) is 2. The molecule has 0 unspecified atom stereocenters. The molecule has 6 heteroatoms. The summed E-state index contributed by atoms with van der Waals surface area (Å²) >= 11 is 0. The van der Waals surface area contributed by atoms with Crippen molar-refractivity contribution in [3.8, 4) is 0 Å². The number of aryl methyl sites for hydroxylation is 2. The average molecular weight is 417 g/mol. The molecule has 0 spiro atoms. The van der Waals surface area contributed by atoms with Crippen molar-refractivity contribution >= 4 is 34.6 Å². The minimum atomic E-state index is 0.00701. The predicted molar refractivity (Wildman–Crippen MR) is 126 cm³/mol. The molecule has 1 aliphatic rings. The number of hydrogen-bond acceptors (Lipinski definition) is 4. The van der Waals surface area contributed by atoms with Crippen molar-refractivity contribution < 1.29 is 9.21 Å². The van der Waals surface area contributed by atoms with Crippen LogP contribution in [0.5, 0.6) is 0 Å². The molecule has 0 fully saturated rings. The number of aromatic nitrogens is 1. The van der Waals surface area contributed by atoms with Crippen LogP contribution in [0.25, 0.3) is 17.0 Å². The van der Waals surface area contributed by atoms with Crippen LogP contribution in [-0.4, -0.2) is 28.7 Å². The molecule has 0 saturated carbocycles. The Morgan fingerprint density at radius 3 is 2.84 bits per heavy atom. The zero-order valence-electron chi connectivity index (χ0n) is 18.2. The van der Waals surface area contributed by atoms with Crippen molar-refractivity contribution in [3.05, 3.63) is 77.7 Å². The van der Waals surface area contributed by atoms with Crippen LogP contribution in [0.3, 0.4) is 0 Å². The SMILES string of the molecule is C=CC.Cc1c(CN(C)C(=N)/C=C/c2cnc3c(c2)CCC(=O)N3)oc2ccccc12. The van der Waals surface area contributed by atoms with E-state index in [1.165, 1.54) is 0 Å². The Labute approximate surface area is 182 Å². The number of hydrogen-bond donors (Lipinski definition) is 2. The van der Waals surface area contributed by atoms with E-state index in [-0.39, 0.29) is 5.91 Å². The number of pyridine rings is 1. The lowest BCUT2D eigenvalue weighted by Crippen LogP contribution is -2.23. The molecular weight excluding hydrogens is 388 g/mol. The number of carbonyl (C=O) groups excluding carboxylic acids is 1. The summed E-state index contributed by atoms with van der Waals surface area (Å²) in [4.78, 5) is 17.6. The van der Waals surface area contributed by atoms with Gasteiger partial charge in [-0.1, -0.05) is 24.3 Å². The number of benzene rings is 1. The molecule has 2 aromatic heterocycles. The molecule has 160 valence electrons. The summed E-state index contributed by atoms with van der Waals surface area (Å²) in [6.45, 7) is 7.82. The third kappa shape index (κ3) is 5.28. The van der Waals surface area contributed by atoms with Gasteiger partial charge in [-0.2, -0.15) is 0 Å². The van der Waals surface area contributed by atoms with E-state index in [1.54, 1.807) is 18.3 Å². The second-order valence-corrected chi connectivity index (χ2v) is 7.45. The van der Waals surface area contributed by atoms with Crippen molar-refractivity contribution in [2.45, 2.75) is 33.2 Å². The molecule has 0 atom stereocenters. The summed E-state index contributed by atoms with van der Waals surface area (Å²) < 4.78 is 5.95. The minimum Gasteiger partial charge on any atom is -0.459 e. The zero-order chi connectivity index (χ0) is 22.4. The molecule has 0 saturated heterocycles. The van der Waals surface area contributed by atoms with E-state index in [0.717, 1.165) is 33.4 Å². The quantitative estimate of drug-likeness (QED) is 0.342. The number of furan rings is 1. The Morgan fingerprint density at radius 1 is 1.35 bits per heavy atom. The Hall–Kier alpha value is -3.67. The van der Waals surface area contributed by atoms with Gasteiger partial charge in [0.15, 0.2) is 0 Å². The molecule has 1 aliphatic heterocycles. The standard InChI is InChI=1S/C22H22N4O2.C3H6/c1-14-17-5-3-4-6-18(17)28-19(14)13-26(2)20(23)9-7-15-11-16-8-10-21(27)25-22(16)24-12-15;1-3-2/h3-7,9,11-12,23H,8,10,13H2,1-2H3,(H,24,25,27);3H,1H2,2H3/b9-7+,23-20?;.